The predicted octanol–water partition coefficient (Wildman–Crippen LogP) is 3.93. The molecule has 6 heteroatoms. The number of rotatable bonds is 5. The van der Waals surface area contributed by atoms with E-state index in [-0.39, 0.29) is 0 Å². The Balaban J connectivity index is 1.63. The molecule has 1 N–H and O–H groups in total. The normalized spacial score (nSPS) is 11.0. The number of halogens is 1. The van der Waals surface area contributed by atoms with E-state index in [4.69, 9.17) is 0 Å². The van der Waals surface area contributed by atoms with Gasteiger partial charge in [0.2, 0.25) is 0 Å². The fourth-order valence-corrected chi connectivity index (χ4v) is 2.83. The van der Waals surface area contributed by atoms with E-state index in [0.29, 0.717) is 30.1 Å². The zero-order valence-electron chi connectivity index (χ0n) is 14.4. The molecule has 0 spiro atoms. The summed E-state index contributed by atoms with van der Waals surface area (Å²) in [4.78, 5) is 12.2. The van der Waals surface area contributed by atoms with Gasteiger partial charge in [0.15, 0.2) is 17.0 Å². The van der Waals surface area contributed by atoms with Crippen LogP contribution in [0.15, 0.2) is 60.9 Å². The van der Waals surface area contributed by atoms with Crippen LogP contribution in [-0.4, -0.2) is 19.5 Å². The summed E-state index contributed by atoms with van der Waals surface area (Å²) in [6.45, 7) is 3.16. The molecule has 0 aliphatic rings. The number of hydrogen-bond acceptors (Lipinski definition) is 4. The van der Waals surface area contributed by atoms with Gasteiger partial charge in [-0.25, -0.2) is 4.98 Å². The lowest BCUT2D eigenvalue weighted by atomic mass is 10.1. The van der Waals surface area contributed by atoms with Crippen LogP contribution < -0.4 is 5.32 Å². The number of nitrogens with one attached hydrogen (secondary N) is 1. The van der Waals surface area contributed by atoms with E-state index in [1.165, 1.54) is 5.56 Å². The fourth-order valence-electron chi connectivity index (χ4n) is 2.83. The van der Waals surface area contributed by atoms with Crippen molar-refractivity contribution in [2.24, 2.45) is 0 Å². The highest BCUT2D eigenvalue weighted by molar-refractivity contribution is 5.82. The summed E-state index contributed by atoms with van der Waals surface area (Å²) in [6.07, 6.45) is 0.908. The maximum absolute atomic E-state index is 14.0. The Bertz CT molecular complexity index is 1030. The molecule has 0 saturated heterocycles. The lowest BCUT2D eigenvalue weighted by Crippen LogP contribution is -2.06. The maximum atomic E-state index is 14.0. The highest BCUT2D eigenvalue weighted by Crippen LogP contribution is 2.20. The molecule has 0 unspecified atom stereocenters. The smallest absolute Gasteiger partial charge is 0.312 e. The summed E-state index contributed by atoms with van der Waals surface area (Å²) in [5.74, 6) is 0.402. The molecule has 4 aromatic rings. The van der Waals surface area contributed by atoms with Gasteiger partial charge in [0.05, 0.1) is 12.9 Å². The Morgan fingerprint density at radius 2 is 1.73 bits per heavy atom. The van der Waals surface area contributed by atoms with Gasteiger partial charge in [0, 0.05) is 6.54 Å². The lowest BCUT2D eigenvalue weighted by Gasteiger charge is -2.08. The van der Waals surface area contributed by atoms with E-state index in [0.717, 1.165) is 11.1 Å². The van der Waals surface area contributed by atoms with Crippen LogP contribution in [0.25, 0.3) is 11.2 Å². The van der Waals surface area contributed by atoms with E-state index < -0.39 is 6.08 Å². The first-order chi connectivity index (χ1) is 12.7. The topological polar surface area (TPSA) is 55.6 Å². The van der Waals surface area contributed by atoms with Crippen molar-refractivity contribution < 1.29 is 4.39 Å². The summed E-state index contributed by atoms with van der Waals surface area (Å²) < 4.78 is 15.8. The molecular weight excluding hydrogens is 329 g/mol. The summed E-state index contributed by atoms with van der Waals surface area (Å²) in [6, 6.07) is 18.1. The average Bonchev–Trinajstić information content (AvgIpc) is 3.05. The van der Waals surface area contributed by atoms with Crippen LogP contribution in [0, 0.1) is 13.0 Å². The summed E-state index contributed by atoms with van der Waals surface area (Å²) in [5, 5.41) is 3.16. The lowest BCUT2D eigenvalue weighted by molar-refractivity contribution is 0.543. The molecule has 26 heavy (non-hydrogen) atoms. The van der Waals surface area contributed by atoms with Gasteiger partial charge in [-0.1, -0.05) is 60.2 Å². The van der Waals surface area contributed by atoms with Crippen molar-refractivity contribution in [3.8, 4) is 0 Å². The van der Waals surface area contributed by atoms with E-state index in [1.807, 2.05) is 54.0 Å². The van der Waals surface area contributed by atoms with Crippen LogP contribution in [-0.2, 0) is 13.1 Å². The zero-order valence-corrected chi connectivity index (χ0v) is 14.4. The number of aromatic nitrogens is 4. The van der Waals surface area contributed by atoms with Gasteiger partial charge in [-0.15, -0.1) is 0 Å². The first kappa shape index (κ1) is 16.2. The number of hydrogen-bond donors (Lipinski definition) is 1. The Hall–Kier alpha value is -3.28. The molecule has 0 amide bonds. The van der Waals surface area contributed by atoms with Crippen molar-refractivity contribution in [1.29, 1.82) is 0 Å². The van der Waals surface area contributed by atoms with Gasteiger partial charge in [0.25, 0.3) is 0 Å². The van der Waals surface area contributed by atoms with Gasteiger partial charge in [-0.2, -0.15) is 14.4 Å². The minimum atomic E-state index is -0.765. The molecule has 0 aliphatic heterocycles. The highest BCUT2D eigenvalue weighted by Gasteiger charge is 2.13. The van der Waals surface area contributed by atoms with Crippen LogP contribution in [0.4, 0.5) is 10.2 Å². The summed E-state index contributed by atoms with van der Waals surface area (Å²) >= 11 is 0. The Kier molecular flexibility index (Phi) is 4.31. The molecule has 0 fully saturated rings. The molecule has 0 atom stereocenters. The molecule has 0 bridgehead atoms. The number of anilines is 1. The van der Waals surface area contributed by atoms with Crippen LogP contribution in [0.2, 0.25) is 0 Å². The minimum Gasteiger partial charge on any atom is -0.364 e. The number of benzene rings is 2. The second kappa shape index (κ2) is 6.92. The third-order valence-corrected chi connectivity index (χ3v) is 4.21. The van der Waals surface area contributed by atoms with E-state index in [9.17, 15) is 4.39 Å². The standard InChI is InChI=1S/C20H18FN5/c1-14-7-9-16(10-8-14)12-26-13-23-17-18(24-20(21)25-19(17)26)22-11-15-5-3-2-4-6-15/h2-10,13H,11-12H2,1H3,(H,22,24,25). The number of imidazole rings is 1. The highest BCUT2D eigenvalue weighted by atomic mass is 19.1. The van der Waals surface area contributed by atoms with Crippen LogP contribution in [0.1, 0.15) is 16.7 Å². The van der Waals surface area contributed by atoms with Crippen molar-refractivity contribution >= 4 is 17.0 Å². The number of fused-ring (bicyclic) bond motifs is 1. The first-order valence-electron chi connectivity index (χ1n) is 8.41. The van der Waals surface area contributed by atoms with Crippen LogP contribution >= 0.6 is 0 Å². The zero-order chi connectivity index (χ0) is 17.9. The monoisotopic (exact) mass is 347 g/mol. The largest absolute Gasteiger partial charge is 0.364 e. The van der Waals surface area contributed by atoms with E-state index in [1.54, 1.807) is 6.33 Å². The molecule has 2 heterocycles. The molecule has 130 valence electrons. The molecule has 2 aromatic heterocycles. The molecule has 0 radical (unpaired) electrons. The molecule has 4 rings (SSSR count). The molecule has 5 nitrogen and oxygen atoms in total. The second-order valence-electron chi connectivity index (χ2n) is 6.21. The van der Waals surface area contributed by atoms with Crippen LogP contribution in [0.3, 0.4) is 0 Å². The molecule has 2 aromatic carbocycles. The SMILES string of the molecule is Cc1ccc(Cn2cnc3c(NCc4ccccc4)nc(F)nc32)cc1. The summed E-state index contributed by atoms with van der Waals surface area (Å²) in [7, 11) is 0. The quantitative estimate of drug-likeness (QED) is 0.556. The number of aryl methyl sites for hydroxylation is 1. The number of nitrogens with zero attached hydrogens (tertiary/aromatic N) is 4. The van der Waals surface area contributed by atoms with Crippen molar-refractivity contribution in [3.63, 3.8) is 0 Å². The first-order valence-corrected chi connectivity index (χ1v) is 8.41. The molecular formula is C20H18FN5. The minimum absolute atomic E-state index is 0.402. The summed E-state index contributed by atoms with van der Waals surface area (Å²) in [5.41, 5.74) is 4.43. The van der Waals surface area contributed by atoms with Gasteiger partial charge in [-0.05, 0) is 18.1 Å². The van der Waals surface area contributed by atoms with E-state index in [2.05, 4.69) is 32.4 Å². The Morgan fingerprint density at radius 1 is 0.962 bits per heavy atom. The van der Waals surface area contributed by atoms with Gasteiger partial charge >= 0.3 is 6.08 Å². The molecule has 0 saturated carbocycles. The maximum Gasteiger partial charge on any atom is 0.312 e. The van der Waals surface area contributed by atoms with E-state index >= 15 is 0 Å². The third kappa shape index (κ3) is 3.39. The van der Waals surface area contributed by atoms with Gasteiger partial charge in [-0.3, -0.25) is 0 Å². The Labute approximate surface area is 150 Å². The van der Waals surface area contributed by atoms with Crippen molar-refractivity contribution in [1.82, 2.24) is 19.5 Å². The van der Waals surface area contributed by atoms with Crippen molar-refractivity contribution in [3.05, 3.63) is 83.7 Å². The van der Waals surface area contributed by atoms with Crippen molar-refractivity contribution in [2.45, 2.75) is 20.0 Å². The molecule has 0 aliphatic carbocycles. The van der Waals surface area contributed by atoms with Gasteiger partial charge in [0.1, 0.15) is 0 Å². The van der Waals surface area contributed by atoms with Crippen molar-refractivity contribution in [2.75, 3.05) is 5.32 Å². The fraction of sp³-hybridized carbons (Fsp3) is 0.150. The third-order valence-electron chi connectivity index (χ3n) is 4.21. The average molecular weight is 347 g/mol. The predicted molar refractivity (Wildman–Crippen MR) is 99.3 cm³/mol. The second-order valence-corrected chi connectivity index (χ2v) is 6.21. The van der Waals surface area contributed by atoms with Gasteiger partial charge < -0.3 is 9.88 Å². The Morgan fingerprint density at radius 3 is 2.50 bits per heavy atom. The van der Waals surface area contributed by atoms with Crippen LogP contribution in [0.5, 0.6) is 0 Å².